The number of likely N-dealkylation sites (tertiary alicyclic amines) is 1. The molecule has 0 aliphatic carbocycles. The molecule has 0 saturated carbocycles. The highest BCUT2D eigenvalue weighted by Gasteiger charge is 2.44. The minimum atomic E-state index is -1.29. The number of rotatable bonds is 6. The standard InChI is InChI=1S/C23H27F3N2O3/c1-27(2)13-17-14-28(22(29)10-15-9-20(25)21(26)12-19(15)24)8-7-23(17,30)16-5-4-6-18(11-16)31-3/h4-6,9,11-12,17,30H,7-8,10,13-14H2,1-3H3/t17-,23-/m0/s1. The number of hydrogen-bond acceptors (Lipinski definition) is 4. The lowest BCUT2D eigenvalue weighted by Crippen LogP contribution is -2.54. The summed E-state index contributed by atoms with van der Waals surface area (Å²) >= 11 is 0. The highest BCUT2D eigenvalue weighted by molar-refractivity contribution is 5.79. The maximum atomic E-state index is 14.0. The van der Waals surface area contributed by atoms with Gasteiger partial charge in [0.15, 0.2) is 11.6 Å². The average Bonchev–Trinajstić information content (AvgIpc) is 2.73. The van der Waals surface area contributed by atoms with Gasteiger partial charge in [-0.25, -0.2) is 13.2 Å². The van der Waals surface area contributed by atoms with Gasteiger partial charge in [0.25, 0.3) is 0 Å². The van der Waals surface area contributed by atoms with Crippen LogP contribution < -0.4 is 4.74 Å². The number of ether oxygens (including phenoxy) is 1. The fraction of sp³-hybridized carbons (Fsp3) is 0.435. The van der Waals surface area contributed by atoms with Crippen LogP contribution in [-0.2, 0) is 16.8 Å². The maximum absolute atomic E-state index is 14.0. The van der Waals surface area contributed by atoms with E-state index in [2.05, 4.69) is 0 Å². The molecule has 1 heterocycles. The molecule has 1 N–H and O–H groups in total. The van der Waals surface area contributed by atoms with E-state index in [0.717, 1.165) is 6.07 Å². The van der Waals surface area contributed by atoms with Crippen LogP contribution in [0.3, 0.4) is 0 Å². The van der Waals surface area contributed by atoms with Crippen molar-refractivity contribution in [3.63, 3.8) is 0 Å². The summed E-state index contributed by atoms with van der Waals surface area (Å²) in [5.74, 6) is -3.53. The summed E-state index contributed by atoms with van der Waals surface area (Å²) in [7, 11) is 5.31. The second kappa shape index (κ2) is 9.28. The zero-order chi connectivity index (χ0) is 22.8. The molecule has 3 rings (SSSR count). The largest absolute Gasteiger partial charge is 0.497 e. The van der Waals surface area contributed by atoms with Gasteiger partial charge in [0.1, 0.15) is 11.6 Å². The van der Waals surface area contributed by atoms with E-state index in [-0.39, 0.29) is 37.4 Å². The number of hydrogen-bond donors (Lipinski definition) is 1. The fourth-order valence-electron chi connectivity index (χ4n) is 4.14. The van der Waals surface area contributed by atoms with Crippen molar-refractivity contribution in [3.05, 3.63) is 65.0 Å². The number of halogens is 3. The molecule has 8 heteroatoms. The van der Waals surface area contributed by atoms with Gasteiger partial charge in [-0.15, -0.1) is 0 Å². The number of benzene rings is 2. The predicted octanol–water partition coefficient (Wildman–Crippen LogP) is 2.95. The van der Waals surface area contributed by atoms with Crippen molar-refractivity contribution in [2.75, 3.05) is 40.8 Å². The Morgan fingerprint density at radius 3 is 2.58 bits per heavy atom. The molecular formula is C23H27F3N2O3. The molecule has 1 saturated heterocycles. The molecule has 1 amide bonds. The lowest BCUT2D eigenvalue weighted by atomic mass is 9.75. The first-order valence-corrected chi connectivity index (χ1v) is 10.1. The first-order chi connectivity index (χ1) is 14.6. The molecule has 1 aliphatic rings. The molecule has 168 valence electrons. The average molecular weight is 436 g/mol. The zero-order valence-electron chi connectivity index (χ0n) is 17.9. The van der Waals surface area contributed by atoms with Crippen molar-refractivity contribution in [2.24, 2.45) is 5.92 Å². The molecule has 2 aromatic carbocycles. The van der Waals surface area contributed by atoms with Crippen LogP contribution in [0.4, 0.5) is 13.2 Å². The third-order valence-corrected chi connectivity index (χ3v) is 5.82. The zero-order valence-corrected chi connectivity index (χ0v) is 17.9. The maximum Gasteiger partial charge on any atom is 0.227 e. The summed E-state index contributed by atoms with van der Waals surface area (Å²) in [6.45, 7) is 1.01. The third kappa shape index (κ3) is 5.02. The monoisotopic (exact) mass is 436 g/mol. The Morgan fingerprint density at radius 1 is 1.19 bits per heavy atom. The van der Waals surface area contributed by atoms with E-state index in [1.54, 1.807) is 24.1 Å². The minimum Gasteiger partial charge on any atom is -0.497 e. The number of carbonyl (C=O) groups excluding carboxylic acids is 1. The smallest absolute Gasteiger partial charge is 0.227 e. The Labute approximate surface area is 180 Å². The van der Waals surface area contributed by atoms with E-state index in [0.29, 0.717) is 23.9 Å². The van der Waals surface area contributed by atoms with E-state index >= 15 is 0 Å². The van der Waals surface area contributed by atoms with Crippen molar-refractivity contribution < 1.29 is 27.8 Å². The van der Waals surface area contributed by atoms with Gasteiger partial charge in [0, 0.05) is 37.2 Å². The highest BCUT2D eigenvalue weighted by Crippen LogP contribution is 2.39. The lowest BCUT2D eigenvalue weighted by Gasteiger charge is -2.46. The van der Waals surface area contributed by atoms with Crippen LogP contribution >= 0.6 is 0 Å². The molecule has 0 radical (unpaired) electrons. The van der Waals surface area contributed by atoms with Crippen molar-refractivity contribution in [1.29, 1.82) is 0 Å². The topological polar surface area (TPSA) is 53.0 Å². The van der Waals surface area contributed by atoms with Crippen molar-refractivity contribution in [2.45, 2.75) is 18.4 Å². The molecule has 0 aromatic heterocycles. The number of aliphatic hydroxyl groups is 1. The second-order valence-electron chi connectivity index (χ2n) is 8.24. The van der Waals surface area contributed by atoms with Gasteiger partial charge in [-0.1, -0.05) is 12.1 Å². The van der Waals surface area contributed by atoms with Gasteiger partial charge >= 0.3 is 0 Å². The second-order valence-corrected chi connectivity index (χ2v) is 8.24. The van der Waals surface area contributed by atoms with E-state index in [4.69, 9.17) is 4.74 Å². The van der Waals surface area contributed by atoms with Gasteiger partial charge in [0.2, 0.25) is 5.91 Å². The van der Waals surface area contributed by atoms with Gasteiger partial charge in [-0.05, 0) is 44.3 Å². The number of nitrogens with zero attached hydrogens (tertiary/aromatic N) is 2. The van der Waals surface area contributed by atoms with Crippen LogP contribution in [0.15, 0.2) is 36.4 Å². The summed E-state index contributed by atoms with van der Waals surface area (Å²) in [5.41, 5.74) is -0.665. The summed E-state index contributed by atoms with van der Waals surface area (Å²) in [4.78, 5) is 16.3. The normalized spacial score (nSPS) is 21.4. The fourth-order valence-corrected chi connectivity index (χ4v) is 4.14. The molecule has 0 spiro atoms. The number of piperidine rings is 1. The Hall–Kier alpha value is -2.58. The SMILES string of the molecule is COc1cccc([C@@]2(O)CCN(C(=O)Cc3cc(F)c(F)cc3F)C[C@@H]2CN(C)C)c1. The highest BCUT2D eigenvalue weighted by atomic mass is 19.2. The van der Waals surface area contributed by atoms with Crippen LogP contribution in [-0.4, -0.2) is 61.7 Å². The van der Waals surface area contributed by atoms with E-state index in [9.17, 15) is 23.1 Å². The summed E-state index contributed by atoms with van der Waals surface area (Å²) < 4.78 is 45.9. The van der Waals surface area contributed by atoms with Gasteiger partial charge in [0.05, 0.1) is 19.1 Å². The lowest BCUT2D eigenvalue weighted by molar-refractivity contribution is -0.141. The van der Waals surface area contributed by atoms with E-state index in [1.165, 1.54) is 0 Å². The van der Waals surface area contributed by atoms with Crippen LogP contribution in [0, 0.1) is 23.4 Å². The van der Waals surface area contributed by atoms with Gasteiger partial charge in [-0.3, -0.25) is 4.79 Å². The number of carbonyl (C=O) groups is 1. The number of methoxy groups -OCH3 is 1. The predicted molar refractivity (Wildman–Crippen MR) is 110 cm³/mol. The van der Waals surface area contributed by atoms with Crippen molar-refractivity contribution in [1.82, 2.24) is 9.80 Å². The minimum absolute atomic E-state index is 0.193. The van der Waals surface area contributed by atoms with Crippen LogP contribution in [0.5, 0.6) is 5.75 Å². The molecule has 1 aliphatic heterocycles. The number of amides is 1. The summed E-state index contributed by atoms with van der Waals surface area (Å²) in [6, 6.07) is 8.39. The molecule has 5 nitrogen and oxygen atoms in total. The van der Waals surface area contributed by atoms with Crippen molar-refractivity contribution >= 4 is 5.91 Å². The molecule has 0 unspecified atom stereocenters. The van der Waals surface area contributed by atoms with Crippen LogP contribution in [0.2, 0.25) is 0 Å². The summed E-state index contributed by atoms with van der Waals surface area (Å²) in [6.07, 6.45) is -0.0972. The van der Waals surface area contributed by atoms with Gasteiger partial charge in [-0.2, -0.15) is 0 Å². The molecule has 31 heavy (non-hydrogen) atoms. The summed E-state index contributed by atoms with van der Waals surface area (Å²) in [5, 5.41) is 11.6. The van der Waals surface area contributed by atoms with Crippen LogP contribution in [0.1, 0.15) is 17.5 Å². The van der Waals surface area contributed by atoms with Crippen molar-refractivity contribution in [3.8, 4) is 5.75 Å². The molecule has 0 bridgehead atoms. The molecular weight excluding hydrogens is 409 g/mol. The Bertz CT molecular complexity index is 954. The van der Waals surface area contributed by atoms with E-state index in [1.807, 2.05) is 31.1 Å². The Balaban J connectivity index is 1.82. The quantitative estimate of drug-likeness (QED) is 0.708. The van der Waals surface area contributed by atoms with Crippen LogP contribution in [0.25, 0.3) is 0 Å². The van der Waals surface area contributed by atoms with Gasteiger partial charge < -0.3 is 19.6 Å². The molecule has 2 aromatic rings. The Kier molecular flexibility index (Phi) is 6.91. The molecule has 2 atom stereocenters. The first-order valence-electron chi connectivity index (χ1n) is 10.1. The Morgan fingerprint density at radius 2 is 1.90 bits per heavy atom. The molecule has 1 fully saturated rings. The first kappa shape index (κ1) is 23.1. The third-order valence-electron chi connectivity index (χ3n) is 5.82. The van der Waals surface area contributed by atoms with E-state index < -0.39 is 29.0 Å².